The van der Waals surface area contributed by atoms with E-state index in [9.17, 15) is 0 Å². The number of nitrogens with zero attached hydrogens (tertiary/aromatic N) is 2. The third-order valence-electron chi connectivity index (χ3n) is 2.01. The first kappa shape index (κ1) is 12.6. The molecule has 0 aliphatic heterocycles. The number of hydrogen-bond donors (Lipinski definition) is 2. The van der Waals surface area contributed by atoms with Gasteiger partial charge in [-0.3, -0.25) is 0 Å². The first-order valence-electron chi connectivity index (χ1n) is 4.68. The molecule has 0 aliphatic rings. The van der Waals surface area contributed by atoms with E-state index in [0.29, 0.717) is 11.2 Å². The lowest BCUT2D eigenvalue weighted by molar-refractivity contribution is 0.849. The summed E-state index contributed by atoms with van der Waals surface area (Å²) in [5.41, 5.74) is 5.50. The summed E-state index contributed by atoms with van der Waals surface area (Å²) in [5.74, 6) is 1.05. The predicted octanol–water partition coefficient (Wildman–Crippen LogP) is 2.37. The minimum atomic E-state index is 0.290. The average molecular weight is 291 g/mol. The highest BCUT2D eigenvalue weighted by Crippen LogP contribution is 2.19. The van der Waals surface area contributed by atoms with Gasteiger partial charge in [-0.2, -0.15) is 16.7 Å². The Bertz CT molecular complexity index is 321. The van der Waals surface area contributed by atoms with Gasteiger partial charge in [0, 0.05) is 18.0 Å². The molecule has 15 heavy (non-hydrogen) atoms. The van der Waals surface area contributed by atoms with Crippen molar-refractivity contribution in [2.45, 2.75) is 18.6 Å². The van der Waals surface area contributed by atoms with Gasteiger partial charge >= 0.3 is 0 Å². The van der Waals surface area contributed by atoms with Crippen LogP contribution in [0.3, 0.4) is 0 Å². The molecule has 1 aromatic heterocycles. The predicted molar refractivity (Wildman–Crippen MR) is 70.2 cm³/mol. The lowest BCUT2D eigenvalue weighted by Gasteiger charge is -2.10. The highest BCUT2D eigenvalue weighted by atomic mass is 79.9. The first-order chi connectivity index (χ1) is 7.13. The summed E-state index contributed by atoms with van der Waals surface area (Å²) < 4.78 is 0.841. The van der Waals surface area contributed by atoms with Gasteiger partial charge < -0.3 is 11.1 Å². The monoisotopic (exact) mass is 290 g/mol. The molecule has 6 heteroatoms. The molecule has 1 rings (SSSR count). The lowest BCUT2D eigenvalue weighted by Crippen LogP contribution is -2.10. The maximum absolute atomic E-state index is 5.50. The Morgan fingerprint density at radius 2 is 2.40 bits per heavy atom. The molecule has 0 radical (unpaired) electrons. The second-order valence-electron chi connectivity index (χ2n) is 3.19. The van der Waals surface area contributed by atoms with E-state index in [1.165, 1.54) is 0 Å². The van der Waals surface area contributed by atoms with E-state index in [-0.39, 0.29) is 0 Å². The van der Waals surface area contributed by atoms with Gasteiger partial charge in [-0.1, -0.05) is 6.92 Å². The number of anilines is 2. The standard InChI is InChI=1S/C9H15BrN4S/c1-6(15-2)3-4-12-8-7(10)5-13-9(11)14-8/h5-6H,3-4H2,1-2H3,(H3,11,12,13,14). The third-order valence-corrected chi connectivity index (χ3v) is 3.63. The summed E-state index contributed by atoms with van der Waals surface area (Å²) in [5, 5.41) is 3.88. The molecule has 0 aromatic carbocycles. The van der Waals surface area contributed by atoms with Crippen molar-refractivity contribution in [2.75, 3.05) is 23.9 Å². The second-order valence-corrected chi connectivity index (χ2v) is 5.32. The van der Waals surface area contributed by atoms with Gasteiger partial charge in [0.05, 0.1) is 4.47 Å². The highest BCUT2D eigenvalue weighted by molar-refractivity contribution is 9.10. The zero-order valence-corrected chi connectivity index (χ0v) is 11.2. The van der Waals surface area contributed by atoms with Crippen LogP contribution < -0.4 is 11.1 Å². The first-order valence-corrected chi connectivity index (χ1v) is 6.76. The Kier molecular flexibility index (Phi) is 5.17. The van der Waals surface area contributed by atoms with Crippen LogP contribution in [0.1, 0.15) is 13.3 Å². The van der Waals surface area contributed by atoms with Crippen molar-refractivity contribution in [1.82, 2.24) is 9.97 Å². The highest BCUT2D eigenvalue weighted by Gasteiger charge is 2.03. The SMILES string of the molecule is CSC(C)CCNc1nc(N)ncc1Br. The Morgan fingerprint density at radius 3 is 3.07 bits per heavy atom. The Balaban J connectivity index is 2.46. The molecule has 1 atom stereocenters. The van der Waals surface area contributed by atoms with Gasteiger partial charge in [-0.15, -0.1) is 0 Å². The molecule has 1 aromatic rings. The van der Waals surface area contributed by atoms with Crippen LogP contribution in [0, 0.1) is 0 Å². The van der Waals surface area contributed by atoms with Gasteiger partial charge in [0.1, 0.15) is 5.82 Å². The zero-order chi connectivity index (χ0) is 11.3. The maximum atomic E-state index is 5.50. The molecule has 0 bridgehead atoms. The normalized spacial score (nSPS) is 12.5. The van der Waals surface area contributed by atoms with E-state index < -0.39 is 0 Å². The van der Waals surface area contributed by atoms with E-state index in [1.807, 2.05) is 11.8 Å². The van der Waals surface area contributed by atoms with Crippen molar-refractivity contribution in [3.8, 4) is 0 Å². The van der Waals surface area contributed by atoms with Crippen molar-refractivity contribution in [1.29, 1.82) is 0 Å². The zero-order valence-electron chi connectivity index (χ0n) is 8.83. The fourth-order valence-corrected chi connectivity index (χ4v) is 1.70. The van der Waals surface area contributed by atoms with Crippen LogP contribution in [0.2, 0.25) is 0 Å². The molecule has 84 valence electrons. The number of nitrogens with two attached hydrogens (primary N) is 1. The Hall–Kier alpha value is -0.490. The van der Waals surface area contributed by atoms with Crippen molar-refractivity contribution in [3.05, 3.63) is 10.7 Å². The van der Waals surface area contributed by atoms with Gasteiger partial charge in [-0.05, 0) is 28.6 Å². The van der Waals surface area contributed by atoms with Crippen LogP contribution >= 0.6 is 27.7 Å². The molecular formula is C9H15BrN4S. The summed E-state index contributed by atoms with van der Waals surface area (Å²) in [7, 11) is 0. The lowest BCUT2D eigenvalue weighted by atomic mass is 10.3. The quantitative estimate of drug-likeness (QED) is 0.872. The number of rotatable bonds is 5. The number of nitrogen functional groups attached to an aromatic ring is 1. The minimum Gasteiger partial charge on any atom is -0.369 e. The number of aromatic nitrogens is 2. The molecule has 3 N–H and O–H groups in total. The van der Waals surface area contributed by atoms with Crippen LogP contribution in [0.5, 0.6) is 0 Å². The maximum Gasteiger partial charge on any atom is 0.221 e. The molecule has 1 heterocycles. The summed E-state index contributed by atoms with van der Waals surface area (Å²) in [6.45, 7) is 3.09. The molecule has 0 fully saturated rings. The number of hydrogen-bond acceptors (Lipinski definition) is 5. The van der Waals surface area contributed by atoms with Crippen LogP contribution in [0.4, 0.5) is 11.8 Å². The van der Waals surface area contributed by atoms with E-state index in [1.54, 1.807) is 6.20 Å². The number of halogens is 1. The number of nitrogens with one attached hydrogen (secondary N) is 1. The Morgan fingerprint density at radius 1 is 1.67 bits per heavy atom. The molecule has 0 saturated heterocycles. The van der Waals surface area contributed by atoms with E-state index in [4.69, 9.17) is 5.73 Å². The van der Waals surface area contributed by atoms with Crippen molar-refractivity contribution < 1.29 is 0 Å². The molecule has 0 amide bonds. The third kappa shape index (κ3) is 4.25. The fourth-order valence-electron chi connectivity index (χ4n) is 1.02. The average Bonchev–Trinajstić information content (AvgIpc) is 2.23. The molecule has 0 aliphatic carbocycles. The topological polar surface area (TPSA) is 63.8 Å². The van der Waals surface area contributed by atoms with Crippen LogP contribution in [0.15, 0.2) is 10.7 Å². The van der Waals surface area contributed by atoms with Crippen LogP contribution in [-0.4, -0.2) is 28.0 Å². The molecule has 4 nitrogen and oxygen atoms in total. The van der Waals surface area contributed by atoms with Gasteiger partial charge in [0.25, 0.3) is 0 Å². The molecule has 0 spiro atoms. The molecule has 1 unspecified atom stereocenters. The van der Waals surface area contributed by atoms with Crippen molar-refractivity contribution >= 4 is 39.5 Å². The second kappa shape index (κ2) is 6.17. The minimum absolute atomic E-state index is 0.290. The van der Waals surface area contributed by atoms with E-state index >= 15 is 0 Å². The molecule has 0 saturated carbocycles. The summed E-state index contributed by atoms with van der Waals surface area (Å²) in [4.78, 5) is 7.97. The van der Waals surface area contributed by atoms with Gasteiger partial charge in [0.2, 0.25) is 5.95 Å². The van der Waals surface area contributed by atoms with Gasteiger partial charge in [0.15, 0.2) is 0 Å². The van der Waals surface area contributed by atoms with Crippen molar-refractivity contribution in [2.24, 2.45) is 0 Å². The summed E-state index contributed by atoms with van der Waals surface area (Å²) in [6, 6.07) is 0. The molecular weight excluding hydrogens is 276 g/mol. The van der Waals surface area contributed by atoms with E-state index in [0.717, 1.165) is 23.3 Å². The van der Waals surface area contributed by atoms with E-state index in [2.05, 4.69) is 44.4 Å². The van der Waals surface area contributed by atoms with Crippen molar-refractivity contribution in [3.63, 3.8) is 0 Å². The van der Waals surface area contributed by atoms with Gasteiger partial charge in [-0.25, -0.2) is 4.98 Å². The Labute approximate surface area is 103 Å². The fraction of sp³-hybridized carbons (Fsp3) is 0.556. The largest absolute Gasteiger partial charge is 0.369 e. The smallest absolute Gasteiger partial charge is 0.221 e. The number of thioether (sulfide) groups is 1. The summed E-state index contributed by atoms with van der Waals surface area (Å²) in [6.07, 6.45) is 4.86. The summed E-state index contributed by atoms with van der Waals surface area (Å²) >= 11 is 5.22. The van der Waals surface area contributed by atoms with Crippen LogP contribution in [-0.2, 0) is 0 Å². The van der Waals surface area contributed by atoms with Crippen LogP contribution in [0.25, 0.3) is 0 Å².